The average Bonchev–Trinajstić information content (AvgIpc) is 2.36. The van der Waals surface area contributed by atoms with Gasteiger partial charge in [0.05, 0.1) is 5.41 Å². The van der Waals surface area contributed by atoms with Crippen LogP contribution in [-0.4, -0.2) is 24.1 Å². The first-order chi connectivity index (χ1) is 8.79. The minimum absolute atomic E-state index is 0.280. The van der Waals surface area contributed by atoms with E-state index in [0.29, 0.717) is 6.42 Å². The number of esters is 2. The molecule has 0 N–H and O–H groups in total. The Bertz CT molecular complexity index is 327. The van der Waals surface area contributed by atoms with Crippen molar-refractivity contribution in [2.75, 3.05) is 6.61 Å². The molecule has 0 radical (unpaired) electrons. The summed E-state index contributed by atoms with van der Waals surface area (Å²) in [6.07, 6.45) is 5.85. The Hall–Kier alpha value is -1.06. The number of hydrogen-bond donors (Lipinski definition) is 0. The van der Waals surface area contributed by atoms with Gasteiger partial charge in [0.15, 0.2) is 6.61 Å². The molecule has 0 spiro atoms. The number of ether oxygens (including phenoxy) is 2. The molecule has 0 saturated heterocycles. The van der Waals surface area contributed by atoms with Crippen molar-refractivity contribution in [3.05, 3.63) is 0 Å². The zero-order chi connectivity index (χ0) is 14.5. The molecule has 4 nitrogen and oxygen atoms in total. The summed E-state index contributed by atoms with van der Waals surface area (Å²) in [5, 5.41) is 0. The summed E-state index contributed by atoms with van der Waals surface area (Å²) >= 11 is 0. The molecule has 0 bridgehead atoms. The van der Waals surface area contributed by atoms with E-state index in [1.807, 2.05) is 27.7 Å². The van der Waals surface area contributed by atoms with Gasteiger partial charge in [-0.15, -0.1) is 0 Å². The highest BCUT2D eigenvalue weighted by Crippen LogP contribution is 2.31. The topological polar surface area (TPSA) is 52.6 Å². The second-order valence-electron chi connectivity index (χ2n) is 6.30. The van der Waals surface area contributed by atoms with E-state index in [9.17, 15) is 9.59 Å². The molecule has 1 saturated carbocycles. The fourth-order valence-corrected chi connectivity index (χ4v) is 2.17. The third-order valence-corrected chi connectivity index (χ3v) is 4.03. The standard InChI is InChI=1S/C15H26O4/c1-5-14(2,3)13(17)18-11-12(16)19-15(4)9-7-6-8-10-15/h5-11H2,1-4H3. The van der Waals surface area contributed by atoms with E-state index in [1.165, 1.54) is 6.42 Å². The first-order valence-corrected chi connectivity index (χ1v) is 7.18. The van der Waals surface area contributed by atoms with Crippen molar-refractivity contribution in [3.8, 4) is 0 Å². The summed E-state index contributed by atoms with van der Waals surface area (Å²) in [7, 11) is 0. The summed E-state index contributed by atoms with van der Waals surface area (Å²) in [6.45, 7) is 7.22. The van der Waals surface area contributed by atoms with E-state index in [-0.39, 0.29) is 18.2 Å². The smallest absolute Gasteiger partial charge is 0.344 e. The van der Waals surface area contributed by atoms with Gasteiger partial charge >= 0.3 is 11.9 Å². The zero-order valence-corrected chi connectivity index (χ0v) is 12.6. The van der Waals surface area contributed by atoms with Crippen LogP contribution in [0.3, 0.4) is 0 Å². The van der Waals surface area contributed by atoms with Crippen molar-refractivity contribution in [2.24, 2.45) is 5.41 Å². The van der Waals surface area contributed by atoms with Gasteiger partial charge in [0.1, 0.15) is 5.60 Å². The van der Waals surface area contributed by atoms with E-state index in [0.717, 1.165) is 25.7 Å². The van der Waals surface area contributed by atoms with Gasteiger partial charge in [-0.05, 0) is 52.9 Å². The molecule has 1 aliphatic carbocycles. The van der Waals surface area contributed by atoms with Gasteiger partial charge < -0.3 is 9.47 Å². The van der Waals surface area contributed by atoms with Gasteiger partial charge in [-0.2, -0.15) is 0 Å². The van der Waals surface area contributed by atoms with Crippen LogP contribution in [0.5, 0.6) is 0 Å². The molecule has 1 rings (SSSR count). The van der Waals surface area contributed by atoms with Crippen LogP contribution in [0.4, 0.5) is 0 Å². The molecule has 110 valence electrons. The Morgan fingerprint density at radius 3 is 2.26 bits per heavy atom. The van der Waals surface area contributed by atoms with Crippen molar-refractivity contribution in [1.29, 1.82) is 0 Å². The third kappa shape index (κ3) is 4.84. The number of carbonyl (C=O) groups is 2. The Morgan fingerprint density at radius 2 is 1.74 bits per heavy atom. The average molecular weight is 270 g/mol. The molecule has 1 aliphatic rings. The van der Waals surface area contributed by atoms with Crippen molar-refractivity contribution in [1.82, 2.24) is 0 Å². The van der Waals surface area contributed by atoms with Crippen LogP contribution in [0.2, 0.25) is 0 Å². The fraction of sp³-hybridized carbons (Fsp3) is 0.867. The molecule has 4 heteroatoms. The Kier molecular flexibility index (Phi) is 5.39. The van der Waals surface area contributed by atoms with E-state index in [4.69, 9.17) is 9.47 Å². The summed E-state index contributed by atoms with van der Waals surface area (Å²) in [6, 6.07) is 0. The second kappa shape index (κ2) is 6.40. The molecule has 0 amide bonds. The van der Waals surface area contributed by atoms with Gasteiger partial charge in [-0.1, -0.05) is 13.3 Å². The van der Waals surface area contributed by atoms with Gasteiger partial charge in [0.2, 0.25) is 0 Å². The molecule has 0 atom stereocenters. The minimum Gasteiger partial charge on any atom is -0.457 e. The molecular formula is C15H26O4. The third-order valence-electron chi connectivity index (χ3n) is 4.03. The Labute approximate surface area is 115 Å². The van der Waals surface area contributed by atoms with Crippen LogP contribution in [0, 0.1) is 5.41 Å². The van der Waals surface area contributed by atoms with Gasteiger partial charge in [0, 0.05) is 0 Å². The lowest BCUT2D eigenvalue weighted by atomic mass is 9.86. The molecular weight excluding hydrogens is 244 g/mol. The molecule has 1 fully saturated rings. The summed E-state index contributed by atoms with van der Waals surface area (Å²) in [5.74, 6) is -0.787. The van der Waals surface area contributed by atoms with Crippen LogP contribution in [0.15, 0.2) is 0 Å². The van der Waals surface area contributed by atoms with Crippen LogP contribution >= 0.6 is 0 Å². The quantitative estimate of drug-likeness (QED) is 0.720. The predicted molar refractivity (Wildman–Crippen MR) is 72.6 cm³/mol. The van der Waals surface area contributed by atoms with Gasteiger partial charge in [0.25, 0.3) is 0 Å². The first kappa shape index (κ1) is 16.0. The molecule has 0 heterocycles. The minimum atomic E-state index is -0.547. The van der Waals surface area contributed by atoms with Gasteiger partial charge in [-0.25, -0.2) is 4.79 Å². The molecule has 0 aromatic carbocycles. The maximum absolute atomic E-state index is 11.7. The van der Waals surface area contributed by atoms with E-state index in [1.54, 1.807) is 0 Å². The number of carbonyl (C=O) groups excluding carboxylic acids is 2. The predicted octanol–water partition coefficient (Wildman–Crippen LogP) is 3.23. The first-order valence-electron chi connectivity index (χ1n) is 7.18. The maximum atomic E-state index is 11.7. The molecule has 0 unspecified atom stereocenters. The number of hydrogen-bond acceptors (Lipinski definition) is 4. The van der Waals surface area contributed by atoms with Crippen molar-refractivity contribution >= 4 is 11.9 Å². The normalized spacial score (nSPS) is 18.7. The highest BCUT2D eigenvalue weighted by molar-refractivity contribution is 5.79. The van der Waals surface area contributed by atoms with Crippen molar-refractivity contribution in [2.45, 2.75) is 71.8 Å². The van der Waals surface area contributed by atoms with E-state index >= 15 is 0 Å². The molecule has 19 heavy (non-hydrogen) atoms. The van der Waals surface area contributed by atoms with E-state index < -0.39 is 11.4 Å². The highest BCUT2D eigenvalue weighted by Gasteiger charge is 2.32. The Morgan fingerprint density at radius 1 is 1.16 bits per heavy atom. The van der Waals surface area contributed by atoms with E-state index in [2.05, 4.69) is 0 Å². The maximum Gasteiger partial charge on any atom is 0.344 e. The van der Waals surface area contributed by atoms with Crippen LogP contribution in [-0.2, 0) is 19.1 Å². The fourth-order valence-electron chi connectivity index (χ4n) is 2.17. The summed E-state index contributed by atoms with van der Waals surface area (Å²) < 4.78 is 10.5. The Balaban J connectivity index is 2.37. The zero-order valence-electron chi connectivity index (χ0n) is 12.6. The molecule has 0 aromatic rings. The summed E-state index contributed by atoms with van der Waals surface area (Å²) in [4.78, 5) is 23.5. The van der Waals surface area contributed by atoms with Crippen LogP contribution in [0.1, 0.15) is 66.2 Å². The SMILES string of the molecule is CCC(C)(C)C(=O)OCC(=O)OC1(C)CCCCC1. The lowest BCUT2D eigenvalue weighted by molar-refractivity contribution is -0.174. The molecule has 0 aliphatic heterocycles. The second-order valence-corrected chi connectivity index (χ2v) is 6.30. The van der Waals surface area contributed by atoms with Crippen LogP contribution in [0.25, 0.3) is 0 Å². The van der Waals surface area contributed by atoms with Crippen LogP contribution < -0.4 is 0 Å². The lowest BCUT2D eigenvalue weighted by Crippen LogP contribution is -2.36. The highest BCUT2D eigenvalue weighted by atomic mass is 16.6. The molecule has 0 aromatic heterocycles. The van der Waals surface area contributed by atoms with Gasteiger partial charge in [-0.3, -0.25) is 4.79 Å². The number of rotatable bonds is 5. The summed E-state index contributed by atoms with van der Waals surface area (Å²) in [5.41, 5.74) is -0.920. The van der Waals surface area contributed by atoms with Crippen molar-refractivity contribution in [3.63, 3.8) is 0 Å². The largest absolute Gasteiger partial charge is 0.457 e. The van der Waals surface area contributed by atoms with Crippen molar-refractivity contribution < 1.29 is 19.1 Å². The lowest BCUT2D eigenvalue weighted by Gasteiger charge is -2.33. The monoisotopic (exact) mass is 270 g/mol.